The summed E-state index contributed by atoms with van der Waals surface area (Å²) in [7, 11) is 0. The molecule has 5 unspecified atom stereocenters. The average molecular weight is 785 g/mol. The van der Waals surface area contributed by atoms with E-state index < -0.39 is 65.7 Å². The third-order valence-electron chi connectivity index (χ3n) is 10.1. The third-order valence-corrected chi connectivity index (χ3v) is 10.1. The van der Waals surface area contributed by atoms with Gasteiger partial charge in [-0.05, 0) is 68.6 Å². The summed E-state index contributed by atoms with van der Waals surface area (Å²) < 4.78 is 0. The Kier molecular flexibility index (Phi) is 18.1. The molecule has 19 nitrogen and oxygen atoms in total. The van der Waals surface area contributed by atoms with Gasteiger partial charge < -0.3 is 59.1 Å². The number of nitrogens with zero attached hydrogens (tertiary/aromatic N) is 1. The second-order valence-electron chi connectivity index (χ2n) is 14.6. The van der Waals surface area contributed by atoms with Gasteiger partial charge in [-0.25, -0.2) is 0 Å². The molecule has 1 heterocycles. The molecule has 0 bridgehead atoms. The van der Waals surface area contributed by atoms with Crippen molar-refractivity contribution in [2.45, 2.75) is 121 Å². The molecule has 19 heteroatoms. The summed E-state index contributed by atoms with van der Waals surface area (Å²) in [6.07, 6.45) is 7.42. The summed E-state index contributed by atoms with van der Waals surface area (Å²) in [5, 5.41) is 40.7. The fraction of sp³-hybridized carbons (Fsp3) is 0.622. The zero-order chi connectivity index (χ0) is 41.2. The quantitative estimate of drug-likeness (QED) is 0.0379. The Balaban J connectivity index is 1.76. The highest BCUT2D eigenvalue weighted by molar-refractivity contribution is 5.97. The number of likely N-dealkylation sites (tertiary alicyclic amines) is 1. The fourth-order valence-corrected chi connectivity index (χ4v) is 7.02. The number of amides is 6. The van der Waals surface area contributed by atoms with Gasteiger partial charge in [0.15, 0.2) is 11.9 Å². The van der Waals surface area contributed by atoms with Crippen LogP contribution in [-0.2, 0) is 35.2 Å². The SMILES string of the molecule is CC(=O)NC(CCCNC(=N)N)C(=O)NC(CC1CCCCC1)C(=O)N1CCC1C(=O)NC(Cc1ccc(O)cc1)C(=O)NC(CCCCNC(=N)N)C(N)=O. The van der Waals surface area contributed by atoms with Gasteiger partial charge in [-0.2, -0.15) is 0 Å². The van der Waals surface area contributed by atoms with E-state index in [0.29, 0.717) is 50.8 Å². The minimum absolute atomic E-state index is 0.000626. The highest BCUT2D eigenvalue weighted by Gasteiger charge is 2.43. The first kappa shape index (κ1) is 44.8. The van der Waals surface area contributed by atoms with Gasteiger partial charge in [-0.15, -0.1) is 0 Å². The largest absolute Gasteiger partial charge is 0.508 e. The molecule has 1 saturated carbocycles. The molecular formula is C37H60N12O7. The number of primary amides is 1. The molecular weight excluding hydrogens is 724 g/mol. The summed E-state index contributed by atoms with van der Waals surface area (Å²) in [4.78, 5) is 81.1. The molecule has 1 aliphatic heterocycles. The van der Waals surface area contributed by atoms with Crippen molar-refractivity contribution in [3.8, 4) is 5.75 Å². The van der Waals surface area contributed by atoms with Gasteiger partial charge in [0.25, 0.3) is 0 Å². The van der Waals surface area contributed by atoms with Gasteiger partial charge in [0.2, 0.25) is 35.4 Å². The lowest BCUT2D eigenvalue weighted by molar-refractivity contribution is -0.151. The van der Waals surface area contributed by atoms with Gasteiger partial charge in [-0.1, -0.05) is 44.2 Å². The van der Waals surface area contributed by atoms with Crippen LogP contribution >= 0.6 is 0 Å². The number of benzene rings is 1. The number of guanidine groups is 2. The number of nitrogens with one attached hydrogen (secondary N) is 8. The van der Waals surface area contributed by atoms with Gasteiger partial charge in [-0.3, -0.25) is 39.6 Å². The lowest BCUT2D eigenvalue weighted by Gasteiger charge is -2.42. The van der Waals surface area contributed by atoms with Crippen LogP contribution in [0.4, 0.5) is 0 Å². The van der Waals surface area contributed by atoms with Crippen molar-refractivity contribution in [2.24, 2.45) is 23.1 Å². The van der Waals surface area contributed by atoms with Crippen LogP contribution in [0, 0.1) is 16.7 Å². The number of aromatic hydroxyl groups is 1. The first-order chi connectivity index (χ1) is 26.6. The number of phenols is 1. The molecule has 1 saturated heterocycles. The van der Waals surface area contributed by atoms with Crippen molar-refractivity contribution in [3.63, 3.8) is 0 Å². The maximum Gasteiger partial charge on any atom is 0.245 e. The number of phenolic OH excluding ortho intramolecular Hbond substituents is 1. The Bertz CT molecular complexity index is 1540. The molecule has 2 fully saturated rings. The monoisotopic (exact) mass is 784 g/mol. The molecule has 0 spiro atoms. The molecule has 0 aromatic heterocycles. The standard InChI is InChI=1S/C37H60N12O7/c1-22(50)45-27(11-7-18-44-37(41)42)32(53)48-29(21-23-8-3-2-4-9-23)35(56)49-19-16-30(49)34(55)47-28(20-24-12-14-25(51)15-13-24)33(54)46-26(31(38)52)10-5-6-17-43-36(39)40/h12-15,23,26-30,51H,2-11,16-21H2,1H3,(H2,38,52)(H,45,50)(H,46,54)(H,47,55)(H,48,53)(H4,39,40,43)(H4,41,42,44). The van der Waals surface area contributed by atoms with E-state index in [4.69, 9.17) is 28.0 Å². The Labute approximate surface area is 327 Å². The lowest BCUT2D eigenvalue weighted by atomic mass is 9.84. The molecule has 1 aromatic rings. The van der Waals surface area contributed by atoms with Crippen molar-refractivity contribution < 1.29 is 33.9 Å². The van der Waals surface area contributed by atoms with Crippen molar-refractivity contribution in [1.82, 2.24) is 36.8 Å². The lowest BCUT2D eigenvalue weighted by Crippen LogP contribution is -2.65. The third kappa shape index (κ3) is 15.3. The van der Waals surface area contributed by atoms with E-state index in [0.717, 1.165) is 32.1 Å². The summed E-state index contributed by atoms with van der Waals surface area (Å²) in [6.45, 7) is 2.24. The Hall–Kier alpha value is -5.62. The molecule has 2 aliphatic rings. The van der Waals surface area contributed by atoms with Crippen LogP contribution in [0.15, 0.2) is 24.3 Å². The molecule has 6 amide bonds. The smallest absolute Gasteiger partial charge is 0.245 e. The van der Waals surface area contributed by atoms with E-state index in [9.17, 15) is 33.9 Å². The van der Waals surface area contributed by atoms with Crippen LogP contribution in [0.3, 0.4) is 0 Å². The highest BCUT2D eigenvalue weighted by Crippen LogP contribution is 2.29. The zero-order valence-electron chi connectivity index (χ0n) is 32.2. The molecule has 0 radical (unpaired) electrons. The predicted molar refractivity (Wildman–Crippen MR) is 209 cm³/mol. The van der Waals surface area contributed by atoms with E-state index in [1.807, 2.05) is 0 Å². The Morgan fingerprint density at radius 1 is 0.750 bits per heavy atom. The van der Waals surface area contributed by atoms with Crippen LogP contribution in [0.2, 0.25) is 0 Å². The second-order valence-corrected chi connectivity index (χ2v) is 14.6. The molecule has 15 N–H and O–H groups in total. The average Bonchev–Trinajstić information content (AvgIpc) is 3.11. The number of rotatable bonds is 22. The van der Waals surface area contributed by atoms with Crippen LogP contribution in [0.25, 0.3) is 0 Å². The number of carbonyl (C=O) groups excluding carboxylic acids is 6. The topological polar surface area (TPSA) is 324 Å². The predicted octanol–water partition coefficient (Wildman–Crippen LogP) is -1.13. The maximum absolute atomic E-state index is 14.2. The van der Waals surface area contributed by atoms with Gasteiger partial charge in [0, 0.05) is 33.0 Å². The molecule has 1 aromatic carbocycles. The summed E-state index contributed by atoms with van der Waals surface area (Å²) in [5.74, 6) is -3.64. The molecule has 1 aliphatic carbocycles. The molecule has 3 rings (SSSR count). The van der Waals surface area contributed by atoms with E-state index in [-0.39, 0.29) is 49.4 Å². The number of unbranched alkanes of at least 4 members (excludes halogenated alkanes) is 1. The van der Waals surface area contributed by atoms with Crippen molar-refractivity contribution >= 4 is 47.4 Å². The fourth-order valence-electron chi connectivity index (χ4n) is 7.02. The number of carbonyl (C=O) groups is 6. The molecule has 310 valence electrons. The summed E-state index contributed by atoms with van der Waals surface area (Å²) in [6, 6.07) is 1.01. The summed E-state index contributed by atoms with van der Waals surface area (Å²) >= 11 is 0. The normalized spacial score (nSPS) is 17.4. The van der Waals surface area contributed by atoms with E-state index >= 15 is 0 Å². The Morgan fingerprint density at radius 3 is 1.91 bits per heavy atom. The van der Waals surface area contributed by atoms with Gasteiger partial charge in [0.05, 0.1) is 0 Å². The first-order valence-corrected chi connectivity index (χ1v) is 19.4. The number of nitrogens with two attached hydrogens (primary N) is 3. The van der Waals surface area contributed by atoms with Gasteiger partial charge in [0.1, 0.15) is 36.0 Å². The van der Waals surface area contributed by atoms with Gasteiger partial charge >= 0.3 is 0 Å². The number of hydrogen-bond acceptors (Lipinski definition) is 9. The van der Waals surface area contributed by atoms with Crippen molar-refractivity contribution in [1.29, 1.82) is 10.8 Å². The maximum atomic E-state index is 14.2. The molecule has 56 heavy (non-hydrogen) atoms. The zero-order valence-corrected chi connectivity index (χ0v) is 32.2. The van der Waals surface area contributed by atoms with Crippen molar-refractivity contribution in [3.05, 3.63) is 29.8 Å². The second kappa shape index (κ2) is 22.7. The summed E-state index contributed by atoms with van der Waals surface area (Å²) in [5.41, 5.74) is 16.9. The molecule has 5 atom stereocenters. The van der Waals surface area contributed by atoms with Crippen molar-refractivity contribution in [2.75, 3.05) is 19.6 Å². The van der Waals surface area contributed by atoms with E-state index in [1.165, 1.54) is 24.0 Å². The minimum atomic E-state index is -1.18. The van der Waals surface area contributed by atoms with Crippen LogP contribution < -0.4 is 49.1 Å². The van der Waals surface area contributed by atoms with Crippen LogP contribution in [-0.4, -0.2) is 107 Å². The minimum Gasteiger partial charge on any atom is -0.508 e. The number of hydrogen-bond donors (Lipinski definition) is 12. The van der Waals surface area contributed by atoms with E-state index in [1.54, 1.807) is 12.1 Å². The van der Waals surface area contributed by atoms with Crippen LogP contribution in [0.1, 0.15) is 89.5 Å². The van der Waals surface area contributed by atoms with E-state index in [2.05, 4.69) is 31.9 Å². The Morgan fingerprint density at radius 2 is 1.34 bits per heavy atom. The highest BCUT2D eigenvalue weighted by atomic mass is 16.3. The first-order valence-electron chi connectivity index (χ1n) is 19.4. The van der Waals surface area contributed by atoms with Crippen LogP contribution in [0.5, 0.6) is 5.75 Å².